The highest BCUT2D eigenvalue weighted by Crippen LogP contribution is 2.31. The average Bonchev–Trinajstić information content (AvgIpc) is 3.40. The van der Waals surface area contributed by atoms with Gasteiger partial charge in [-0.15, -0.1) is 0 Å². The number of hydrogen-bond acceptors (Lipinski definition) is 8. The Morgan fingerprint density at radius 2 is 2.00 bits per heavy atom. The van der Waals surface area contributed by atoms with Crippen molar-refractivity contribution in [2.24, 2.45) is 0 Å². The largest absolute Gasteiger partial charge is 0.394 e. The van der Waals surface area contributed by atoms with Crippen LogP contribution >= 0.6 is 0 Å². The number of ether oxygens (including phenoxy) is 1. The maximum Gasteiger partial charge on any atom is 0.209 e. The fourth-order valence-corrected chi connectivity index (χ4v) is 4.09. The van der Waals surface area contributed by atoms with Crippen LogP contribution in [-0.4, -0.2) is 54.3 Å². The number of aliphatic hydroxyl groups is 2. The number of ketones is 1. The first-order valence-electron chi connectivity index (χ1n) is 10.5. The van der Waals surface area contributed by atoms with E-state index in [1.165, 1.54) is 13.3 Å². The van der Waals surface area contributed by atoms with Crippen molar-refractivity contribution < 1.29 is 19.7 Å². The molecule has 0 spiro atoms. The van der Waals surface area contributed by atoms with E-state index in [1.54, 1.807) is 16.7 Å². The lowest BCUT2D eigenvalue weighted by Gasteiger charge is -2.13. The van der Waals surface area contributed by atoms with Gasteiger partial charge in [0.25, 0.3) is 0 Å². The molecule has 1 fully saturated rings. The standard InChI is InChI=1S/C24H21N5O4/c1-13(31)15-8-6-14(16-4-2-3-5-17(15)16)7-9-20-27-23(25)22-24(28-20)29(12-26-22)21-10-18(32)19(11-30)33-21/h2-6,8,12,18-19,21,30,32H,10-11H2,1H3,(H2,25,27,28)/t18-,19+,21+/m0/s1. The van der Waals surface area contributed by atoms with Crippen molar-refractivity contribution in [2.45, 2.75) is 31.8 Å². The lowest BCUT2D eigenvalue weighted by molar-refractivity contribution is -0.0432. The highest BCUT2D eigenvalue weighted by atomic mass is 16.5. The molecule has 0 saturated carbocycles. The zero-order valence-corrected chi connectivity index (χ0v) is 17.8. The van der Waals surface area contributed by atoms with Crippen molar-refractivity contribution in [1.29, 1.82) is 0 Å². The van der Waals surface area contributed by atoms with Gasteiger partial charge in [0.2, 0.25) is 5.82 Å². The van der Waals surface area contributed by atoms with E-state index < -0.39 is 18.4 Å². The molecule has 33 heavy (non-hydrogen) atoms. The van der Waals surface area contributed by atoms with E-state index in [0.29, 0.717) is 16.7 Å². The molecule has 166 valence electrons. The Hall–Kier alpha value is -3.84. The van der Waals surface area contributed by atoms with E-state index in [1.807, 2.05) is 24.3 Å². The minimum absolute atomic E-state index is 0.0109. The molecule has 3 atom stereocenters. The van der Waals surface area contributed by atoms with E-state index in [9.17, 15) is 15.0 Å². The summed E-state index contributed by atoms with van der Waals surface area (Å²) < 4.78 is 7.38. The van der Waals surface area contributed by atoms with Gasteiger partial charge in [-0.1, -0.05) is 30.2 Å². The quantitative estimate of drug-likeness (QED) is 0.322. The number of fused-ring (bicyclic) bond motifs is 2. The fraction of sp³-hybridized carbons (Fsp3) is 0.250. The summed E-state index contributed by atoms with van der Waals surface area (Å²) in [7, 11) is 0. The Labute approximate surface area is 188 Å². The van der Waals surface area contributed by atoms with Crippen molar-refractivity contribution in [3.63, 3.8) is 0 Å². The molecule has 2 aromatic heterocycles. The number of imidazole rings is 1. The summed E-state index contributed by atoms with van der Waals surface area (Å²) in [4.78, 5) is 25.0. The molecule has 0 unspecified atom stereocenters. The number of nitrogens with two attached hydrogens (primary N) is 1. The number of carbonyl (C=O) groups is 1. The zero-order chi connectivity index (χ0) is 23.1. The molecule has 1 saturated heterocycles. The van der Waals surface area contributed by atoms with Gasteiger partial charge in [-0.3, -0.25) is 9.36 Å². The molecule has 1 aliphatic rings. The fourth-order valence-electron chi connectivity index (χ4n) is 4.09. The Bertz CT molecular complexity index is 1450. The second-order valence-electron chi connectivity index (χ2n) is 7.88. The summed E-state index contributed by atoms with van der Waals surface area (Å²) in [5.41, 5.74) is 8.31. The Balaban J connectivity index is 1.56. The van der Waals surface area contributed by atoms with Crippen LogP contribution in [0.25, 0.3) is 21.9 Å². The normalized spacial score (nSPS) is 20.2. The molecule has 3 heterocycles. The van der Waals surface area contributed by atoms with Gasteiger partial charge in [0.1, 0.15) is 17.8 Å². The first-order chi connectivity index (χ1) is 16.0. The van der Waals surface area contributed by atoms with Gasteiger partial charge in [0.05, 0.1) is 19.0 Å². The third kappa shape index (κ3) is 3.70. The second-order valence-corrected chi connectivity index (χ2v) is 7.88. The molecule has 2 aromatic carbocycles. The van der Waals surface area contributed by atoms with Crippen LogP contribution < -0.4 is 5.73 Å². The molecule has 1 aliphatic heterocycles. The highest BCUT2D eigenvalue weighted by Gasteiger charge is 2.35. The van der Waals surface area contributed by atoms with Crippen molar-refractivity contribution >= 4 is 33.5 Å². The van der Waals surface area contributed by atoms with Crippen molar-refractivity contribution in [1.82, 2.24) is 19.5 Å². The van der Waals surface area contributed by atoms with Gasteiger partial charge in [0, 0.05) is 17.5 Å². The number of nitrogen functional groups attached to an aromatic ring is 1. The van der Waals surface area contributed by atoms with E-state index in [4.69, 9.17) is 10.5 Å². The van der Waals surface area contributed by atoms with Gasteiger partial charge >= 0.3 is 0 Å². The predicted molar refractivity (Wildman–Crippen MR) is 121 cm³/mol. The number of nitrogens with zero attached hydrogens (tertiary/aromatic N) is 4. The summed E-state index contributed by atoms with van der Waals surface area (Å²) in [6.07, 6.45) is -0.187. The van der Waals surface area contributed by atoms with Gasteiger partial charge in [-0.05, 0) is 35.7 Å². The van der Waals surface area contributed by atoms with Crippen LogP contribution in [0.4, 0.5) is 5.82 Å². The first-order valence-corrected chi connectivity index (χ1v) is 10.5. The number of rotatable bonds is 3. The Morgan fingerprint density at radius 3 is 2.73 bits per heavy atom. The molecule has 0 radical (unpaired) electrons. The summed E-state index contributed by atoms with van der Waals surface area (Å²) in [6, 6.07) is 11.2. The molecular formula is C24H21N5O4. The van der Waals surface area contributed by atoms with Crippen LogP contribution in [0.5, 0.6) is 0 Å². The number of Topliss-reactive ketones (excluding diaryl/α,β-unsaturated/α-hetero) is 1. The van der Waals surface area contributed by atoms with E-state index in [0.717, 1.165) is 16.3 Å². The highest BCUT2D eigenvalue weighted by molar-refractivity contribution is 6.08. The van der Waals surface area contributed by atoms with Crippen LogP contribution in [0.2, 0.25) is 0 Å². The average molecular weight is 443 g/mol. The van der Waals surface area contributed by atoms with Gasteiger partial charge in [0.15, 0.2) is 17.2 Å². The predicted octanol–water partition coefficient (Wildman–Crippen LogP) is 1.80. The minimum atomic E-state index is -0.790. The lowest BCUT2D eigenvalue weighted by atomic mass is 9.98. The molecule has 4 aromatic rings. The number of benzene rings is 2. The smallest absolute Gasteiger partial charge is 0.209 e. The van der Waals surface area contributed by atoms with Gasteiger partial charge < -0.3 is 20.7 Å². The molecule has 4 N–H and O–H groups in total. The van der Waals surface area contributed by atoms with E-state index >= 15 is 0 Å². The molecule has 0 bridgehead atoms. The number of aliphatic hydroxyl groups excluding tert-OH is 2. The Morgan fingerprint density at radius 1 is 1.21 bits per heavy atom. The third-order valence-electron chi connectivity index (χ3n) is 5.76. The van der Waals surface area contributed by atoms with Crippen molar-refractivity contribution in [3.8, 4) is 11.8 Å². The number of aromatic nitrogens is 4. The van der Waals surface area contributed by atoms with Crippen LogP contribution in [0, 0.1) is 11.8 Å². The third-order valence-corrected chi connectivity index (χ3v) is 5.76. The summed E-state index contributed by atoms with van der Waals surface area (Å²) in [5, 5.41) is 21.1. The molecular weight excluding hydrogens is 422 g/mol. The number of carbonyl (C=O) groups excluding carboxylic acids is 1. The first kappa shape index (κ1) is 21.0. The molecule has 0 aliphatic carbocycles. The summed E-state index contributed by atoms with van der Waals surface area (Å²) in [5.74, 6) is 6.43. The molecule has 9 nitrogen and oxygen atoms in total. The molecule has 9 heteroatoms. The maximum absolute atomic E-state index is 12.0. The molecule has 0 amide bonds. The number of hydrogen-bond donors (Lipinski definition) is 3. The maximum atomic E-state index is 12.0. The van der Waals surface area contributed by atoms with E-state index in [-0.39, 0.29) is 30.5 Å². The summed E-state index contributed by atoms with van der Waals surface area (Å²) in [6.45, 7) is 1.26. The SMILES string of the molecule is CC(=O)c1ccc(C#Cc2nc(N)c3ncn([C@H]4C[C@H](O)[C@@H](CO)O4)c3n2)c2ccccc12. The molecule has 5 rings (SSSR count). The lowest BCUT2D eigenvalue weighted by Crippen LogP contribution is -2.24. The monoisotopic (exact) mass is 443 g/mol. The van der Waals surface area contributed by atoms with Crippen LogP contribution in [0.3, 0.4) is 0 Å². The number of anilines is 1. The van der Waals surface area contributed by atoms with Gasteiger partial charge in [-0.2, -0.15) is 0 Å². The van der Waals surface area contributed by atoms with Crippen LogP contribution in [0.15, 0.2) is 42.7 Å². The summed E-state index contributed by atoms with van der Waals surface area (Å²) >= 11 is 0. The van der Waals surface area contributed by atoms with Crippen molar-refractivity contribution in [3.05, 3.63) is 59.7 Å². The van der Waals surface area contributed by atoms with Gasteiger partial charge in [-0.25, -0.2) is 15.0 Å². The topological polar surface area (TPSA) is 136 Å². The second kappa shape index (κ2) is 8.26. The van der Waals surface area contributed by atoms with E-state index in [2.05, 4.69) is 26.8 Å². The van der Waals surface area contributed by atoms with Crippen LogP contribution in [-0.2, 0) is 4.74 Å². The van der Waals surface area contributed by atoms with Crippen molar-refractivity contribution in [2.75, 3.05) is 12.3 Å². The Kier molecular flexibility index (Phi) is 5.26. The zero-order valence-electron chi connectivity index (χ0n) is 17.8. The van der Waals surface area contributed by atoms with Crippen LogP contribution in [0.1, 0.15) is 41.3 Å². The minimum Gasteiger partial charge on any atom is -0.394 e.